The summed E-state index contributed by atoms with van der Waals surface area (Å²) in [6.45, 7) is 6.52. The van der Waals surface area contributed by atoms with Crippen molar-refractivity contribution in [3.8, 4) is 0 Å². The molecule has 2 N–H and O–H groups in total. The van der Waals surface area contributed by atoms with Crippen molar-refractivity contribution < 1.29 is 18.6 Å². The summed E-state index contributed by atoms with van der Waals surface area (Å²) in [5, 5.41) is 0.515. The maximum Gasteiger partial charge on any atom is 0.286 e. The van der Waals surface area contributed by atoms with Crippen LogP contribution in [0.4, 0.5) is 5.69 Å². The summed E-state index contributed by atoms with van der Waals surface area (Å²) in [4.78, 5) is 0. The van der Waals surface area contributed by atoms with Gasteiger partial charge in [-0.25, -0.2) is 0 Å². The summed E-state index contributed by atoms with van der Waals surface area (Å²) in [6.07, 6.45) is 0. The van der Waals surface area contributed by atoms with E-state index in [9.17, 15) is 4.57 Å². The fourth-order valence-electron chi connectivity index (χ4n) is 1.70. The molecule has 1 rings (SSSR count). The van der Waals surface area contributed by atoms with E-state index >= 15 is 0 Å². The van der Waals surface area contributed by atoms with Crippen molar-refractivity contribution in [3.63, 3.8) is 0 Å². The first-order valence-corrected chi connectivity index (χ1v) is 8.11. The number of ether oxygens (including phenoxy) is 2. The van der Waals surface area contributed by atoms with Crippen molar-refractivity contribution >= 4 is 18.4 Å². The van der Waals surface area contributed by atoms with Crippen LogP contribution < -0.4 is 11.0 Å². The maximum atomic E-state index is 13.1. The summed E-state index contributed by atoms with van der Waals surface area (Å²) in [7, 11) is -3.27. The van der Waals surface area contributed by atoms with Gasteiger partial charge in [-0.15, -0.1) is 0 Å². The molecule has 0 saturated heterocycles. The average Bonchev–Trinajstić information content (AvgIpc) is 2.38. The van der Waals surface area contributed by atoms with Gasteiger partial charge in [0.1, 0.15) is 0 Å². The fourth-order valence-corrected chi connectivity index (χ4v) is 3.91. The number of hydrogen-bond donors (Lipinski definition) is 1. The molecule has 1 unspecified atom stereocenters. The lowest BCUT2D eigenvalue weighted by molar-refractivity contribution is -0.0875. The Hall–Kier alpha value is -0.870. The molecule has 0 amide bonds. The summed E-state index contributed by atoms with van der Waals surface area (Å²) in [6, 6.07) is 5.94. The molecule has 0 aromatic heterocycles. The topological polar surface area (TPSA) is 70.8 Å². The summed E-state index contributed by atoms with van der Waals surface area (Å²) < 4.78 is 29.5. The number of anilines is 1. The third-order valence-electron chi connectivity index (χ3n) is 2.45. The van der Waals surface area contributed by atoms with Crippen LogP contribution in [0.25, 0.3) is 0 Å². The Morgan fingerprint density at radius 1 is 1.16 bits per heavy atom. The van der Waals surface area contributed by atoms with E-state index < -0.39 is 13.4 Å². The molecule has 0 spiro atoms. The molecule has 5 nitrogen and oxygen atoms in total. The van der Waals surface area contributed by atoms with Gasteiger partial charge in [-0.1, -0.05) is 6.07 Å². The Labute approximate surface area is 114 Å². The zero-order chi connectivity index (χ0) is 14.3. The van der Waals surface area contributed by atoms with Gasteiger partial charge in [0.25, 0.3) is 7.37 Å². The minimum Gasteiger partial charge on any atom is -0.399 e. The van der Waals surface area contributed by atoms with Gasteiger partial charge in [0.2, 0.25) is 6.03 Å². The lowest BCUT2D eigenvalue weighted by Gasteiger charge is -2.26. The molecule has 0 aliphatic heterocycles. The number of nitrogen functional groups attached to an aromatic ring is 1. The van der Waals surface area contributed by atoms with Crippen LogP contribution in [0.15, 0.2) is 24.3 Å². The van der Waals surface area contributed by atoms with E-state index in [4.69, 9.17) is 19.7 Å². The standard InChI is InChI=1S/C13H22NO4P/c1-4-16-13(17-5-2)19(15,18-6-3)12-9-7-8-11(14)10-12/h7-10,13H,4-6,14H2,1-3H3. The minimum atomic E-state index is -3.27. The van der Waals surface area contributed by atoms with E-state index in [-0.39, 0.29) is 0 Å². The average molecular weight is 287 g/mol. The van der Waals surface area contributed by atoms with Crippen molar-refractivity contribution in [3.05, 3.63) is 24.3 Å². The molecule has 1 atom stereocenters. The number of nitrogens with two attached hydrogens (primary N) is 1. The van der Waals surface area contributed by atoms with Gasteiger partial charge in [-0.2, -0.15) is 0 Å². The second-order valence-corrected chi connectivity index (χ2v) is 6.22. The van der Waals surface area contributed by atoms with Crippen molar-refractivity contribution in [1.29, 1.82) is 0 Å². The summed E-state index contributed by atoms with van der Waals surface area (Å²) in [5.74, 6) is 0. The van der Waals surface area contributed by atoms with Crippen LogP contribution >= 0.6 is 7.37 Å². The smallest absolute Gasteiger partial charge is 0.286 e. The van der Waals surface area contributed by atoms with E-state index in [2.05, 4.69) is 0 Å². The third kappa shape index (κ3) is 4.05. The van der Waals surface area contributed by atoms with Crippen molar-refractivity contribution in [1.82, 2.24) is 0 Å². The Morgan fingerprint density at radius 3 is 2.26 bits per heavy atom. The van der Waals surface area contributed by atoms with E-state index in [1.807, 2.05) is 13.8 Å². The van der Waals surface area contributed by atoms with Gasteiger partial charge in [0.15, 0.2) is 0 Å². The third-order valence-corrected chi connectivity index (χ3v) is 4.94. The predicted molar refractivity (Wildman–Crippen MR) is 76.8 cm³/mol. The molecule has 6 heteroatoms. The molecule has 0 saturated carbocycles. The lowest BCUT2D eigenvalue weighted by Crippen LogP contribution is -2.25. The van der Waals surface area contributed by atoms with E-state index in [0.717, 1.165) is 0 Å². The zero-order valence-corrected chi connectivity index (χ0v) is 12.6. The first-order valence-electron chi connectivity index (χ1n) is 6.42. The monoisotopic (exact) mass is 287 g/mol. The first-order chi connectivity index (χ1) is 9.08. The quantitative estimate of drug-likeness (QED) is 0.452. The molecule has 0 aliphatic carbocycles. The Bertz CT molecular complexity index is 432. The second-order valence-electron chi connectivity index (χ2n) is 3.83. The van der Waals surface area contributed by atoms with E-state index in [0.29, 0.717) is 30.8 Å². The van der Waals surface area contributed by atoms with Crippen LogP contribution in [0.3, 0.4) is 0 Å². The van der Waals surface area contributed by atoms with Gasteiger partial charge in [-0.05, 0) is 39.0 Å². The molecule has 108 valence electrons. The molecule has 0 heterocycles. The highest BCUT2D eigenvalue weighted by Crippen LogP contribution is 2.51. The SMILES string of the molecule is CCOC(OCC)P(=O)(OCC)c1cccc(N)c1. The Kier molecular flexibility index (Phi) is 6.52. The van der Waals surface area contributed by atoms with Gasteiger partial charge >= 0.3 is 0 Å². The highest BCUT2D eigenvalue weighted by Gasteiger charge is 2.37. The van der Waals surface area contributed by atoms with Gasteiger partial charge in [0, 0.05) is 24.2 Å². The molecule has 19 heavy (non-hydrogen) atoms. The summed E-state index contributed by atoms with van der Waals surface area (Å²) >= 11 is 0. The number of benzene rings is 1. The molecule has 1 aromatic carbocycles. The van der Waals surface area contributed by atoms with Crippen molar-refractivity contribution in [2.45, 2.75) is 26.8 Å². The molecular weight excluding hydrogens is 265 g/mol. The molecule has 0 aliphatic rings. The van der Waals surface area contributed by atoms with Crippen LogP contribution in [-0.2, 0) is 18.6 Å². The van der Waals surface area contributed by atoms with Crippen LogP contribution in [0.5, 0.6) is 0 Å². The van der Waals surface area contributed by atoms with Gasteiger partial charge in [0.05, 0.1) is 6.61 Å². The maximum absolute atomic E-state index is 13.1. The normalized spacial score (nSPS) is 14.5. The van der Waals surface area contributed by atoms with Crippen LogP contribution in [0.1, 0.15) is 20.8 Å². The van der Waals surface area contributed by atoms with E-state index in [1.54, 1.807) is 31.2 Å². The molecule has 0 bridgehead atoms. The van der Waals surface area contributed by atoms with Crippen LogP contribution in [0, 0.1) is 0 Å². The van der Waals surface area contributed by atoms with Gasteiger partial charge in [-0.3, -0.25) is 4.57 Å². The van der Waals surface area contributed by atoms with Crippen LogP contribution in [0.2, 0.25) is 0 Å². The Balaban J connectivity index is 3.16. The highest BCUT2D eigenvalue weighted by molar-refractivity contribution is 7.67. The Morgan fingerprint density at radius 2 is 1.79 bits per heavy atom. The molecule has 0 fully saturated rings. The minimum absolute atomic E-state index is 0.308. The molecule has 0 radical (unpaired) electrons. The fraction of sp³-hybridized carbons (Fsp3) is 0.538. The van der Waals surface area contributed by atoms with Gasteiger partial charge < -0.3 is 19.7 Å². The zero-order valence-electron chi connectivity index (χ0n) is 11.7. The highest BCUT2D eigenvalue weighted by atomic mass is 31.2. The number of hydrogen-bond acceptors (Lipinski definition) is 5. The number of rotatable bonds is 8. The largest absolute Gasteiger partial charge is 0.399 e. The van der Waals surface area contributed by atoms with Crippen molar-refractivity contribution in [2.75, 3.05) is 25.6 Å². The summed E-state index contributed by atoms with van der Waals surface area (Å²) in [5.41, 5.74) is 6.27. The van der Waals surface area contributed by atoms with Crippen LogP contribution in [-0.4, -0.2) is 25.9 Å². The molecule has 1 aromatic rings. The van der Waals surface area contributed by atoms with E-state index in [1.165, 1.54) is 0 Å². The second kappa shape index (κ2) is 7.65. The molecular formula is C13H22NO4P. The lowest BCUT2D eigenvalue weighted by atomic mass is 10.3. The first kappa shape index (κ1) is 16.2. The van der Waals surface area contributed by atoms with Crippen molar-refractivity contribution in [2.24, 2.45) is 0 Å². The predicted octanol–water partition coefficient (Wildman–Crippen LogP) is 2.57.